The van der Waals surface area contributed by atoms with E-state index in [1.807, 2.05) is 0 Å². The van der Waals surface area contributed by atoms with Crippen LogP contribution < -0.4 is 31.9 Å². The van der Waals surface area contributed by atoms with E-state index in [1.54, 1.807) is 0 Å². The number of rotatable bonds is 17. The molecule has 0 aliphatic rings. The highest BCUT2D eigenvalue weighted by molar-refractivity contribution is 7.81. The van der Waals surface area contributed by atoms with Crippen molar-refractivity contribution in [3.63, 3.8) is 0 Å². The molecule has 0 aliphatic carbocycles. The minimum Gasteiger partial charge on any atom is -0.481 e. The molecule has 0 heterocycles. The predicted molar refractivity (Wildman–Crippen MR) is 148 cm³/mol. The summed E-state index contributed by atoms with van der Waals surface area (Å²) in [4.78, 5) is 106. The number of hydrogen-bond acceptors (Lipinski definition) is 10. The molecule has 1 aromatic carbocycles. The lowest BCUT2D eigenvalue weighted by molar-refractivity contribution is -0.140. The number of carbonyl (C=O) groups excluding carboxylic acids is 6. The van der Waals surface area contributed by atoms with Gasteiger partial charge in [0.2, 0.25) is 35.4 Å². The molecular formula is C24H30N6O12S. The van der Waals surface area contributed by atoms with Crippen molar-refractivity contribution in [2.75, 3.05) is 24.2 Å². The molecule has 1 aromatic rings. The minimum atomic E-state index is -1.69. The van der Waals surface area contributed by atoms with E-state index >= 15 is 0 Å². The average molecular weight is 627 g/mol. The lowest BCUT2D eigenvalue weighted by atomic mass is 10.1. The Labute approximate surface area is 248 Å². The number of aromatic carboxylic acids is 1. The minimum absolute atomic E-state index is 0.00322. The second-order valence-corrected chi connectivity index (χ2v) is 9.01. The fourth-order valence-electron chi connectivity index (χ4n) is 3.14. The summed E-state index contributed by atoms with van der Waals surface area (Å²) in [5, 5.41) is 40.0. The zero-order chi connectivity index (χ0) is 32.7. The number of anilines is 1. The molecule has 0 aliphatic heterocycles. The summed E-state index contributed by atoms with van der Waals surface area (Å²) in [6.07, 6.45) is -1.72. The van der Waals surface area contributed by atoms with Gasteiger partial charge in [-0.15, -0.1) is 0 Å². The largest absolute Gasteiger partial charge is 0.481 e. The smallest absolute Gasteiger partial charge is 0.335 e. The molecule has 43 heavy (non-hydrogen) atoms. The molecule has 0 fully saturated rings. The molecule has 0 aromatic heterocycles. The van der Waals surface area contributed by atoms with Crippen LogP contribution >= 0.6 is 12.6 Å². The fraction of sp³-hybridized carbons (Fsp3) is 0.375. The van der Waals surface area contributed by atoms with Crippen molar-refractivity contribution in [1.29, 1.82) is 0 Å². The van der Waals surface area contributed by atoms with E-state index in [1.165, 1.54) is 31.2 Å². The topological polar surface area (TPSA) is 286 Å². The van der Waals surface area contributed by atoms with Crippen molar-refractivity contribution in [2.24, 2.45) is 0 Å². The lowest BCUT2D eigenvalue weighted by Crippen LogP contribution is -2.54. The highest BCUT2D eigenvalue weighted by Gasteiger charge is 2.27. The van der Waals surface area contributed by atoms with Crippen LogP contribution in [0.15, 0.2) is 24.3 Å². The Bertz CT molecular complexity index is 1260. The zero-order valence-electron chi connectivity index (χ0n) is 22.5. The third kappa shape index (κ3) is 13.8. The van der Waals surface area contributed by atoms with Gasteiger partial charge >= 0.3 is 17.9 Å². The Morgan fingerprint density at radius 1 is 0.674 bits per heavy atom. The van der Waals surface area contributed by atoms with Crippen LogP contribution in [0.3, 0.4) is 0 Å². The normalized spacial score (nSPS) is 12.3. The Morgan fingerprint density at radius 2 is 1.12 bits per heavy atom. The highest BCUT2D eigenvalue weighted by Crippen LogP contribution is 2.10. The molecule has 0 unspecified atom stereocenters. The first-order chi connectivity index (χ1) is 20.1. The molecule has 0 saturated carbocycles. The van der Waals surface area contributed by atoms with Gasteiger partial charge in [0, 0.05) is 5.69 Å². The Balaban J connectivity index is 2.64. The molecule has 0 spiro atoms. The molecule has 18 nitrogen and oxygen atoms in total. The van der Waals surface area contributed by atoms with Crippen LogP contribution in [0.1, 0.15) is 30.1 Å². The van der Waals surface area contributed by atoms with Gasteiger partial charge in [-0.3, -0.25) is 38.4 Å². The van der Waals surface area contributed by atoms with E-state index in [4.69, 9.17) is 15.3 Å². The van der Waals surface area contributed by atoms with Gasteiger partial charge in [-0.1, -0.05) is 0 Å². The van der Waals surface area contributed by atoms with Crippen LogP contribution in [-0.4, -0.2) is 106 Å². The van der Waals surface area contributed by atoms with Crippen LogP contribution in [0.2, 0.25) is 0 Å². The molecule has 0 saturated heterocycles. The summed E-state index contributed by atoms with van der Waals surface area (Å²) in [5.74, 6) is -9.86. The van der Waals surface area contributed by atoms with E-state index in [-0.39, 0.29) is 17.0 Å². The molecule has 6 amide bonds. The van der Waals surface area contributed by atoms with E-state index in [9.17, 15) is 43.2 Å². The Hall–Kier alpha value is -5.20. The maximum absolute atomic E-state index is 12.5. The standard InChI is InChI=1S/C24H30N6O12S/c1-11(21(38)28-13-4-2-12(3-5-13)24(41)42)27-16(31)8-25-22(39)14(6-19(34)35)29-17(32)9-26-23(40)15(7-20(36)37)30-18(33)10-43/h2-5,11,14-15,43H,6-10H2,1H3,(H,25,39)(H,26,40)(H,27,31)(H,28,38)(H,29,32)(H,30,33)(H,34,35)(H,36,37)(H,41,42)/t11-,14+,15+/m1/s1. The predicted octanol–water partition coefficient (Wildman–Crippen LogP) is -3.09. The highest BCUT2D eigenvalue weighted by atomic mass is 32.1. The van der Waals surface area contributed by atoms with Gasteiger partial charge in [-0.05, 0) is 31.2 Å². The Morgan fingerprint density at radius 3 is 1.53 bits per heavy atom. The second-order valence-electron chi connectivity index (χ2n) is 8.69. The van der Waals surface area contributed by atoms with Crippen LogP contribution in [0, 0.1) is 0 Å². The first-order valence-electron chi connectivity index (χ1n) is 12.2. The molecular weight excluding hydrogens is 596 g/mol. The number of hydrogen-bond donors (Lipinski definition) is 10. The molecule has 0 radical (unpaired) electrons. The van der Waals surface area contributed by atoms with E-state index in [0.29, 0.717) is 0 Å². The summed E-state index contributed by atoms with van der Waals surface area (Å²) < 4.78 is 0. The molecule has 234 valence electrons. The van der Waals surface area contributed by atoms with Crippen molar-refractivity contribution in [3.05, 3.63) is 29.8 Å². The number of aliphatic carboxylic acids is 2. The Kier molecular flexibility index (Phi) is 14.6. The second kappa shape index (κ2) is 17.6. The number of carboxylic acid groups (broad SMARTS) is 3. The van der Waals surface area contributed by atoms with Gasteiger partial charge in [0.15, 0.2) is 0 Å². The van der Waals surface area contributed by atoms with Crippen LogP contribution in [0.5, 0.6) is 0 Å². The third-order valence-electron chi connectivity index (χ3n) is 5.22. The number of amides is 6. The van der Waals surface area contributed by atoms with Gasteiger partial charge in [0.1, 0.15) is 18.1 Å². The SMILES string of the molecule is C[C@@H](NC(=O)CNC(=O)[C@H](CC(=O)O)NC(=O)CNC(=O)[C@H](CC(=O)O)NC(=O)CS)C(=O)Nc1ccc(C(=O)O)cc1. The van der Waals surface area contributed by atoms with Crippen LogP contribution in [0.25, 0.3) is 0 Å². The maximum Gasteiger partial charge on any atom is 0.335 e. The van der Waals surface area contributed by atoms with Crippen molar-refractivity contribution in [2.45, 2.75) is 37.9 Å². The molecule has 1 rings (SSSR count). The van der Waals surface area contributed by atoms with E-state index < -0.39 is 97.4 Å². The van der Waals surface area contributed by atoms with Crippen molar-refractivity contribution in [1.82, 2.24) is 26.6 Å². The summed E-state index contributed by atoms with van der Waals surface area (Å²) in [6.45, 7) is -0.206. The van der Waals surface area contributed by atoms with E-state index in [0.717, 1.165) is 0 Å². The average Bonchev–Trinajstić information content (AvgIpc) is 2.93. The molecule has 0 bridgehead atoms. The number of carboxylic acids is 3. The van der Waals surface area contributed by atoms with Crippen LogP contribution in [0.4, 0.5) is 5.69 Å². The summed E-state index contributed by atoms with van der Waals surface area (Å²) >= 11 is 3.70. The van der Waals surface area contributed by atoms with E-state index in [2.05, 4.69) is 44.5 Å². The summed E-state index contributed by atoms with van der Waals surface area (Å²) in [6, 6.07) is 0.869. The first-order valence-corrected chi connectivity index (χ1v) is 12.9. The molecule has 3 atom stereocenters. The van der Waals surface area contributed by atoms with Gasteiger partial charge in [-0.25, -0.2) is 4.79 Å². The number of nitrogens with one attached hydrogen (secondary N) is 6. The monoisotopic (exact) mass is 626 g/mol. The quantitative estimate of drug-likeness (QED) is 0.0770. The summed E-state index contributed by atoms with van der Waals surface area (Å²) in [7, 11) is 0. The zero-order valence-corrected chi connectivity index (χ0v) is 23.4. The summed E-state index contributed by atoms with van der Waals surface area (Å²) in [5.41, 5.74) is 0.254. The van der Waals surface area contributed by atoms with Crippen molar-refractivity contribution in [3.8, 4) is 0 Å². The number of benzene rings is 1. The van der Waals surface area contributed by atoms with Gasteiger partial charge in [0.05, 0.1) is 37.2 Å². The molecule has 19 heteroatoms. The van der Waals surface area contributed by atoms with Gasteiger partial charge < -0.3 is 47.2 Å². The maximum atomic E-state index is 12.5. The van der Waals surface area contributed by atoms with Gasteiger partial charge in [-0.2, -0.15) is 12.6 Å². The fourth-order valence-corrected chi connectivity index (χ4v) is 3.23. The number of thiol groups is 1. The number of carbonyl (C=O) groups is 9. The molecule has 9 N–H and O–H groups in total. The first kappa shape index (κ1) is 35.8. The lowest BCUT2D eigenvalue weighted by Gasteiger charge is -2.19. The van der Waals surface area contributed by atoms with Crippen molar-refractivity contribution < 1.29 is 58.5 Å². The van der Waals surface area contributed by atoms with Crippen LogP contribution in [-0.2, 0) is 38.4 Å². The van der Waals surface area contributed by atoms with Crippen molar-refractivity contribution >= 4 is 71.7 Å². The van der Waals surface area contributed by atoms with Gasteiger partial charge in [0.25, 0.3) is 0 Å². The third-order valence-corrected chi connectivity index (χ3v) is 5.51.